The predicted molar refractivity (Wildman–Crippen MR) is 77.9 cm³/mol. The van der Waals surface area contributed by atoms with Crippen LogP contribution in [-0.2, 0) is 11.3 Å². The quantitative estimate of drug-likeness (QED) is 0.494. The first kappa shape index (κ1) is 14.5. The average molecular weight is 281 g/mol. The highest BCUT2D eigenvalue weighted by molar-refractivity contribution is 6.22. The van der Waals surface area contributed by atoms with Crippen LogP contribution in [0.2, 0.25) is 0 Å². The number of alkyl halides is 1. The highest BCUT2D eigenvalue weighted by Gasteiger charge is 2.38. The maximum Gasteiger partial charge on any atom is 0.140 e. The van der Waals surface area contributed by atoms with E-state index in [2.05, 4.69) is 29.3 Å². The van der Waals surface area contributed by atoms with Crippen LogP contribution in [0.1, 0.15) is 31.7 Å². The zero-order valence-electron chi connectivity index (χ0n) is 11.3. The number of unbranched alkanes of at least 4 members (excludes halogenated alkanes) is 1. The van der Waals surface area contributed by atoms with E-state index in [0.29, 0.717) is 0 Å². The number of hydrogen-bond donors (Lipinski definition) is 1. The summed E-state index contributed by atoms with van der Waals surface area (Å²) in [5.74, 6) is 0. The molecule has 3 unspecified atom stereocenters. The molecule has 0 saturated carbocycles. The van der Waals surface area contributed by atoms with Crippen molar-refractivity contribution in [1.29, 1.82) is 0 Å². The Balaban J connectivity index is 2.09. The van der Waals surface area contributed by atoms with Gasteiger partial charge in [-0.1, -0.05) is 50.1 Å². The van der Waals surface area contributed by atoms with Crippen LogP contribution in [0.15, 0.2) is 30.3 Å². The number of benzene rings is 1. The van der Waals surface area contributed by atoms with E-state index in [1.807, 2.05) is 18.2 Å². The predicted octanol–water partition coefficient (Wildman–Crippen LogP) is 2.74. The minimum atomic E-state index is -0.289. The molecule has 2 rings (SSSR count). The summed E-state index contributed by atoms with van der Waals surface area (Å²) in [5.41, 5.74) is 0.923. The van der Waals surface area contributed by atoms with E-state index in [9.17, 15) is 4.79 Å². The maximum atomic E-state index is 11.3. The number of halogens is 1. The molecule has 3 nitrogen and oxygen atoms in total. The van der Waals surface area contributed by atoms with Crippen LogP contribution in [0.4, 0.5) is 0 Å². The maximum absolute atomic E-state index is 11.3. The lowest BCUT2D eigenvalue weighted by atomic mass is 10.1. The topological polar surface area (TPSA) is 32.3 Å². The summed E-state index contributed by atoms with van der Waals surface area (Å²) >= 11 is 6.23. The first-order valence-electron chi connectivity index (χ1n) is 6.91. The van der Waals surface area contributed by atoms with Gasteiger partial charge in [0.15, 0.2) is 0 Å². The first-order chi connectivity index (χ1) is 9.26. The average Bonchev–Trinajstić information content (AvgIpc) is 2.73. The monoisotopic (exact) mass is 280 g/mol. The summed E-state index contributed by atoms with van der Waals surface area (Å²) in [6.45, 7) is 2.93. The summed E-state index contributed by atoms with van der Waals surface area (Å²) < 4.78 is 0. The van der Waals surface area contributed by atoms with Crippen molar-refractivity contribution in [2.75, 3.05) is 0 Å². The standard InChI is InChI=1S/C15H21ClN2O/c1-2-3-9-14-17-15(16)13(11-19)18(14)10-12-7-5-4-6-8-12/h4-8,11,13-15,17H,2-3,9-10H2,1H3. The fourth-order valence-corrected chi connectivity index (χ4v) is 2.91. The molecule has 19 heavy (non-hydrogen) atoms. The molecule has 1 aliphatic rings. The Morgan fingerprint density at radius 2 is 2.11 bits per heavy atom. The molecular weight excluding hydrogens is 260 g/mol. The number of nitrogens with zero attached hydrogens (tertiary/aromatic N) is 1. The van der Waals surface area contributed by atoms with Gasteiger partial charge in [0.05, 0.1) is 12.2 Å². The molecular formula is C15H21ClN2O. The number of rotatable bonds is 6. The molecule has 0 amide bonds. The van der Waals surface area contributed by atoms with E-state index in [1.54, 1.807) is 0 Å². The third-order valence-corrected chi connectivity index (χ3v) is 4.00. The van der Waals surface area contributed by atoms with Crippen LogP contribution < -0.4 is 5.32 Å². The van der Waals surface area contributed by atoms with Crippen molar-refractivity contribution in [3.8, 4) is 0 Å². The molecule has 1 N–H and O–H groups in total. The molecule has 0 radical (unpaired) electrons. The van der Waals surface area contributed by atoms with Gasteiger partial charge in [-0.3, -0.25) is 10.2 Å². The number of carbonyl (C=O) groups excluding carboxylic acids is 1. The van der Waals surface area contributed by atoms with Gasteiger partial charge in [-0.15, -0.1) is 11.6 Å². The van der Waals surface area contributed by atoms with Crippen LogP contribution in [0, 0.1) is 0 Å². The molecule has 0 spiro atoms. The molecule has 1 fully saturated rings. The summed E-state index contributed by atoms with van der Waals surface area (Å²) in [6.07, 6.45) is 4.46. The number of hydrogen-bond acceptors (Lipinski definition) is 3. The Bertz CT molecular complexity index is 398. The van der Waals surface area contributed by atoms with Crippen molar-refractivity contribution in [2.45, 2.75) is 50.4 Å². The van der Waals surface area contributed by atoms with Crippen molar-refractivity contribution in [3.05, 3.63) is 35.9 Å². The van der Waals surface area contributed by atoms with E-state index in [0.717, 1.165) is 32.1 Å². The number of nitrogens with one attached hydrogen (secondary N) is 1. The minimum absolute atomic E-state index is 0.192. The van der Waals surface area contributed by atoms with Gasteiger partial charge in [0.25, 0.3) is 0 Å². The molecule has 1 aliphatic heterocycles. The lowest BCUT2D eigenvalue weighted by molar-refractivity contribution is -0.112. The van der Waals surface area contributed by atoms with Crippen molar-refractivity contribution in [3.63, 3.8) is 0 Å². The molecule has 1 aromatic rings. The van der Waals surface area contributed by atoms with Gasteiger partial charge >= 0.3 is 0 Å². The third-order valence-electron chi connectivity index (χ3n) is 3.61. The Kier molecular flexibility index (Phi) is 5.37. The molecule has 1 aromatic carbocycles. The summed E-state index contributed by atoms with van der Waals surface area (Å²) in [7, 11) is 0. The summed E-state index contributed by atoms with van der Waals surface area (Å²) in [6, 6.07) is 9.97. The normalized spacial score (nSPS) is 27.6. The van der Waals surface area contributed by atoms with Gasteiger partial charge in [-0.05, 0) is 12.0 Å². The number of aldehydes is 1. The van der Waals surface area contributed by atoms with E-state index in [-0.39, 0.29) is 17.7 Å². The largest absolute Gasteiger partial charge is 0.302 e. The minimum Gasteiger partial charge on any atom is -0.302 e. The smallest absolute Gasteiger partial charge is 0.140 e. The lowest BCUT2D eigenvalue weighted by Gasteiger charge is -2.26. The van der Waals surface area contributed by atoms with Gasteiger partial charge < -0.3 is 4.79 Å². The van der Waals surface area contributed by atoms with Gasteiger partial charge in [-0.2, -0.15) is 0 Å². The van der Waals surface area contributed by atoms with Crippen molar-refractivity contribution in [1.82, 2.24) is 10.2 Å². The molecule has 104 valence electrons. The fourth-order valence-electron chi connectivity index (χ4n) is 2.56. The van der Waals surface area contributed by atoms with E-state index < -0.39 is 0 Å². The van der Waals surface area contributed by atoms with Gasteiger partial charge in [-0.25, -0.2) is 0 Å². The van der Waals surface area contributed by atoms with Gasteiger partial charge in [0.2, 0.25) is 0 Å². The lowest BCUT2D eigenvalue weighted by Crippen LogP contribution is -2.39. The van der Waals surface area contributed by atoms with Crippen LogP contribution in [0.3, 0.4) is 0 Å². The van der Waals surface area contributed by atoms with Crippen LogP contribution >= 0.6 is 11.6 Å². The summed E-state index contributed by atoms with van der Waals surface area (Å²) in [5, 5.41) is 3.32. The van der Waals surface area contributed by atoms with E-state index in [1.165, 1.54) is 5.56 Å². The van der Waals surface area contributed by atoms with Gasteiger partial charge in [0, 0.05) is 6.54 Å². The molecule has 4 heteroatoms. The molecule has 1 saturated heterocycles. The fraction of sp³-hybridized carbons (Fsp3) is 0.533. The first-order valence-corrected chi connectivity index (χ1v) is 7.35. The van der Waals surface area contributed by atoms with Gasteiger partial charge in [0.1, 0.15) is 11.8 Å². The summed E-state index contributed by atoms with van der Waals surface area (Å²) in [4.78, 5) is 13.4. The van der Waals surface area contributed by atoms with Crippen molar-refractivity contribution in [2.24, 2.45) is 0 Å². The SMILES string of the molecule is CCCCC1NC(Cl)C(C=O)N1Cc1ccccc1. The van der Waals surface area contributed by atoms with Crippen LogP contribution in [0.25, 0.3) is 0 Å². The van der Waals surface area contributed by atoms with E-state index >= 15 is 0 Å². The van der Waals surface area contributed by atoms with E-state index in [4.69, 9.17) is 11.6 Å². The zero-order valence-corrected chi connectivity index (χ0v) is 12.0. The number of carbonyl (C=O) groups is 1. The zero-order chi connectivity index (χ0) is 13.7. The Labute approximate surface area is 119 Å². The Hall–Kier alpha value is -0.900. The van der Waals surface area contributed by atoms with Crippen molar-refractivity contribution >= 4 is 17.9 Å². The molecule has 0 bridgehead atoms. The Morgan fingerprint density at radius 1 is 1.37 bits per heavy atom. The molecule has 0 aliphatic carbocycles. The second-order valence-electron chi connectivity index (χ2n) is 5.01. The second kappa shape index (κ2) is 7.04. The second-order valence-corrected chi connectivity index (χ2v) is 5.48. The van der Waals surface area contributed by atoms with Crippen LogP contribution in [0.5, 0.6) is 0 Å². The molecule has 1 heterocycles. The molecule has 0 aromatic heterocycles. The third kappa shape index (κ3) is 3.56. The molecule has 3 atom stereocenters. The van der Waals surface area contributed by atoms with Crippen LogP contribution in [-0.4, -0.2) is 28.9 Å². The van der Waals surface area contributed by atoms with Crippen molar-refractivity contribution < 1.29 is 4.79 Å². The highest BCUT2D eigenvalue weighted by atomic mass is 35.5. The Morgan fingerprint density at radius 3 is 2.74 bits per heavy atom. The highest BCUT2D eigenvalue weighted by Crippen LogP contribution is 2.24.